The third-order valence-electron chi connectivity index (χ3n) is 3.40. The predicted octanol–water partition coefficient (Wildman–Crippen LogP) is 4.05. The molecule has 0 atom stereocenters. The highest BCUT2D eigenvalue weighted by atomic mass is 16.5. The molecule has 0 aromatic heterocycles. The van der Waals surface area contributed by atoms with Gasteiger partial charge in [0.1, 0.15) is 5.75 Å². The number of anilines is 3. The van der Waals surface area contributed by atoms with Crippen LogP contribution in [0, 0.1) is 13.8 Å². The lowest BCUT2D eigenvalue weighted by Gasteiger charge is -2.23. The molecule has 2 aromatic rings. The standard InChI is InChI=1S/C17H22N2O/c1-5-20-17-11-14(7-8-15(17)18)19(4)16-9-6-12(2)10-13(16)3/h6-11H,5,18H2,1-4H3. The molecule has 0 saturated heterocycles. The Kier molecular flexibility index (Phi) is 4.18. The summed E-state index contributed by atoms with van der Waals surface area (Å²) in [4.78, 5) is 2.15. The van der Waals surface area contributed by atoms with Gasteiger partial charge in [-0.3, -0.25) is 0 Å². The molecule has 0 unspecified atom stereocenters. The van der Waals surface area contributed by atoms with Gasteiger partial charge in [-0.15, -0.1) is 0 Å². The van der Waals surface area contributed by atoms with Crippen molar-refractivity contribution in [2.24, 2.45) is 0 Å². The van der Waals surface area contributed by atoms with Gasteiger partial charge in [0.2, 0.25) is 0 Å². The van der Waals surface area contributed by atoms with E-state index < -0.39 is 0 Å². The molecule has 2 rings (SSSR count). The summed E-state index contributed by atoms with van der Waals surface area (Å²) in [6.07, 6.45) is 0. The van der Waals surface area contributed by atoms with Crippen molar-refractivity contribution in [1.29, 1.82) is 0 Å². The van der Waals surface area contributed by atoms with Gasteiger partial charge in [0.15, 0.2) is 0 Å². The smallest absolute Gasteiger partial charge is 0.144 e. The summed E-state index contributed by atoms with van der Waals surface area (Å²) in [5, 5.41) is 0. The second-order valence-electron chi connectivity index (χ2n) is 5.00. The number of nitrogen functional groups attached to an aromatic ring is 1. The summed E-state index contributed by atoms with van der Waals surface area (Å²) in [6.45, 7) is 6.80. The Hall–Kier alpha value is -2.16. The number of nitrogens with two attached hydrogens (primary N) is 1. The number of hydrogen-bond acceptors (Lipinski definition) is 3. The molecule has 3 heteroatoms. The van der Waals surface area contributed by atoms with E-state index in [1.165, 1.54) is 16.8 Å². The molecular weight excluding hydrogens is 248 g/mol. The monoisotopic (exact) mass is 270 g/mol. The van der Waals surface area contributed by atoms with E-state index in [1.54, 1.807) is 0 Å². The number of ether oxygens (including phenoxy) is 1. The van der Waals surface area contributed by atoms with Crippen molar-refractivity contribution in [3.63, 3.8) is 0 Å². The largest absolute Gasteiger partial charge is 0.492 e. The van der Waals surface area contributed by atoms with Gasteiger partial charge in [0.05, 0.1) is 12.3 Å². The van der Waals surface area contributed by atoms with Gasteiger partial charge in [-0.2, -0.15) is 0 Å². The molecule has 0 saturated carbocycles. The Bertz CT molecular complexity index is 608. The summed E-state index contributed by atoms with van der Waals surface area (Å²) in [7, 11) is 2.05. The fourth-order valence-electron chi connectivity index (χ4n) is 2.33. The minimum absolute atomic E-state index is 0.612. The first-order valence-electron chi connectivity index (χ1n) is 6.86. The molecule has 0 bridgehead atoms. The maximum Gasteiger partial charge on any atom is 0.144 e. The van der Waals surface area contributed by atoms with Gasteiger partial charge >= 0.3 is 0 Å². The second kappa shape index (κ2) is 5.87. The second-order valence-corrected chi connectivity index (χ2v) is 5.00. The fraction of sp³-hybridized carbons (Fsp3) is 0.294. The van der Waals surface area contributed by atoms with Crippen molar-refractivity contribution >= 4 is 17.1 Å². The Morgan fingerprint density at radius 1 is 1.10 bits per heavy atom. The number of aryl methyl sites for hydroxylation is 2. The highest BCUT2D eigenvalue weighted by molar-refractivity contribution is 5.70. The number of rotatable bonds is 4. The van der Waals surface area contributed by atoms with Crippen LogP contribution in [0.2, 0.25) is 0 Å². The van der Waals surface area contributed by atoms with Gasteiger partial charge in [-0.25, -0.2) is 0 Å². The lowest BCUT2D eigenvalue weighted by molar-refractivity contribution is 0.342. The summed E-state index contributed by atoms with van der Waals surface area (Å²) in [5.74, 6) is 0.738. The molecule has 2 N–H and O–H groups in total. The van der Waals surface area contributed by atoms with Crippen LogP contribution in [-0.4, -0.2) is 13.7 Å². The molecule has 106 valence electrons. The first-order chi connectivity index (χ1) is 9.52. The highest BCUT2D eigenvalue weighted by Crippen LogP contribution is 2.32. The summed E-state index contributed by atoms with van der Waals surface area (Å²) in [6, 6.07) is 12.3. The summed E-state index contributed by atoms with van der Waals surface area (Å²) >= 11 is 0. The SMILES string of the molecule is CCOc1cc(N(C)c2ccc(C)cc2C)ccc1N. The van der Waals surface area contributed by atoms with Crippen LogP contribution in [0.5, 0.6) is 5.75 Å². The van der Waals surface area contributed by atoms with E-state index in [0.717, 1.165) is 11.4 Å². The van der Waals surface area contributed by atoms with E-state index in [4.69, 9.17) is 10.5 Å². The van der Waals surface area contributed by atoms with Gasteiger partial charge in [0.25, 0.3) is 0 Å². The molecule has 0 aliphatic heterocycles. The average molecular weight is 270 g/mol. The average Bonchev–Trinajstić information content (AvgIpc) is 2.41. The van der Waals surface area contributed by atoms with Crippen LogP contribution in [0.3, 0.4) is 0 Å². The molecule has 0 spiro atoms. The fourth-order valence-corrected chi connectivity index (χ4v) is 2.33. The maximum atomic E-state index is 5.92. The van der Waals surface area contributed by atoms with Crippen LogP contribution >= 0.6 is 0 Å². The lowest BCUT2D eigenvalue weighted by atomic mass is 10.1. The normalized spacial score (nSPS) is 10.4. The zero-order valence-corrected chi connectivity index (χ0v) is 12.6. The van der Waals surface area contributed by atoms with Crippen molar-refractivity contribution in [1.82, 2.24) is 0 Å². The molecule has 0 amide bonds. The molecule has 0 heterocycles. The van der Waals surface area contributed by atoms with Crippen molar-refractivity contribution < 1.29 is 4.74 Å². The van der Waals surface area contributed by atoms with E-state index in [9.17, 15) is 0 Å². The minimum Gasteiger partial charge on any atom is -0.492 e. The van der Waals surface area contributed by atoms with Crippen molar-refractivity contribution in [2.45, 2.75) is 20.8 Å². The van der Waals surface area contributed by atoms with E-state index in [1.807, 2.05) is 25.1 Å². The van der Waals surface area contributed by atoms with Gasteiger partial charge < -0.3 is 15.4 Å². The highest BCUT2D eigenvalue weighted by Gasteiger charge is 2.09. The summed E-state index contributed by atoms with van der Waals surface area (Å²) < 4.78 is 5.56. The number of hydrogen-bond donors (Lipinski definition) is 1. The Morgan fingerprint density at radius 3 is 2.50 bits per heavy atom. The van der Waals surface area contributed by atoms with Gasteiger partial charge in [-0.05, 0) is 44.5 Å². The Labute approximate surface area is 121 Å². The minimum atomic E-state index is 0.612. The topological polar surface area (TPSA) is 38.5 Å². The summed E-state index contributed by atoms with van der Waals surface area (Å²) in [5.41, 5.74) is 11.4. The van der Waals surface area contributed by atoms with Gasteiger partial charge in [-0.1, -0.05) is 17.7 Å². The zero-order valence-electron chi connectivity index (χ0n) is 12.6. The van der Waals surface area contributed by atoms with Crippen molar-refractivity contribution in [2.75, 3.05) is 24.3 Å². The Balaban J connectivity index is 2.37. The number of nitrogens with zero attached hydrogens (tertiary/aromatic N) is 1. The van der Waals surface area contributed by atoms with Crippen LogP contribution in [0.4, 0.5) is 17.1 Å². The quantitative estimate of drug-likeness (QED) is 0.852. The molecule has 3 nitrogen and oxygen atoms in total. The predicted molar refractivity (Wildman–Crippen MR) is 86.0 cm³/mol. The molecule has 0 fully saturated rings. The van der Waals surface area contributed by atoms with Crippen molar-refractivity contribution in [3.05, 3.63) is 47.5 Å². The molecule has 2 aromatic carbocycles. The van der Waals surface area contributed by atoms with E-state index in [-0.39, 0.29) is 0 Å². The van der Waals surface area contributed by atoms with Crippen LogP contribution in [0.1, 0.15) is 18.1 Å². The molecule has 20 heavy (non-hydrogen) atoms. The van der Waals surface area contributed by atoms with Crippen LogP contribution in [-0.2, 0) is 0 Å². The van der Waals surface area contributed by atoms with Crippen LogP contribution < -0.4 is 15.4 Å². The van der Waals surface area contributed by atoms with E-state index in [2.05, 4.69) is 44.0 Å². The van der Waals surface area contributed by atoms with Gasteiger partial charge in [0, 0.05) is 24.5 Å². The molecular formula is C17H22N2O. The third kappa shape index (κ3) is 2.87. The molecule has 0 aliphatic rings. The maximum absolute atomic E-state index is 5.92. The number of benzene rings is 2. The zero-order chi connectivity index (χ0) is 14.7. The van der Waals surface area contributed by atoms with Crippen LogP contribution in [0.25, 0.3) is 0 Å². The first kappa shape index (κ1) is 14.3. The lowest BCUT2D eigenvalue weighted by Crippen LogP contribution is -2.11. The van der Waals surface area contributed by atoms with E-state index in [0.29, 0.717) is 12.3 Å². The molecule has 0 radical (unpaired) electrons. The first-order valence-corrected chi connectivity index (χ1v) is 6.86. The Morgan fingerprint density at radius 2 is 1.85 bits per heavy atom. The van der Waals surface area contributed by atoms with Crippen LogP contribution in [0.15, 0.2) is 36.4 Å². The molecule has 0 aliphatic carbocycles. The van der Waals surface area contributed by atoms with E-state index >= 15 is 0 Å². The van der Waals surface area contributed by atoms with Crippen molar-refractivity contribution in [3.8, 4) is 5.75 Å². The third-order valence-corrected chi connectivity index (χ3v) is 3.40.